The standard InChI is InChI=1S/C14H13NO4/c1-8-10(4-6-13(16)17)14(18)15-12-5-3-9(19-2)7-11(8)12/h3-7H,1-2H3,(H,15,18)(H,16,17)/b6-4+. The van der Waals surface area contributed by atoms with Gasteiger partial charge in [-0.15, -0.1) is 0 Å². The van der Waals surface area contributed by atoms with Crippen LogP contribution in [-0.2, 0) is 4.79 Å². The summed E-state index contributed by atoms with van der Waals surface area (Å²) in [5.41, 5.74) is 1.43. The smallest absolute Gasteiger partial charge is 0.328 e. The monoisotopic (exact) mass is 259 g/mol. The van der Waals surface area contributed by atoms with E-state index in [1.807, 2.05) is 0 Å². The molecule has 0 unspecified atom stereocenters. The third-order valence-electron chi connectivity index (χ3n) is 2.92. The van der Waals surface area contributed by atoms with Gasteiger partial charge in [-0.2, -0.15) is 0 Å². The van der Waals surface area contributed by atoms with Crippen LogP contribution in [0.5, 0.6) is 5.75 Å². The maximum Gasteiger partial charge on any atom is 0.328 e. The Bertz CT molecular complexity index is 728. The lowest BCUT2D eigenvalue weighted by atomic mass is 10.0. The number of rotatable bonds is 3. The molecule has 0 amide bonds. The topological polar surface area (TPSA) is 79.4 Å². The molecule has 0 aliphatic heterocycles. The molecule has 2 rings (SSSR count). The summed E-state index contributed by atoms with van der Waals surface area (Å²) in [6.45, 7) is 1.78. The number of methoxy groups -OCH3 is 1. The van der Waals surface area contributed by atoms with E-state index in [0.717, 1.165) is 17.0 Å². The van der Waals surface area contributed by atoms with Gasteiger partial charge in [0.2, 0.25) is 0 Å². The summed E-state index contributed by atoms with van der Waals surface area (Å²) in [6.07, 6.45) is 2.25. The molecule has 0 saturated carbocycles. The second-order valence-corrected chi connectivity index (χ2v) is 4.08. The van der Waals surface area contributed by atoms with Crippen molar-refractivity contribution in [2.45, 2.75) is 6.92 Å². The van der Waals surface area contributed by atoms with Crippen molar-refractivity contribution in [3.63, 3.8) is 0 Å². The molecule has 0 bridgehead atoms. The fourth-order valence-corrected chi connectivity index (χ4v) is 1.93. The first-order valence-electron chi connectivity index (χ1n) is 5.64. The summed E-state index contributed by atoms with van der Waals surface area (Å²) in [7, 11) is 1.56. The Morgan fingerprint density at radius 1 is 1.42 bits per heavy atom. The van der Waals surface area contributed by atoms with Crippen LogP contribution in [0.4, 0.5) is 0 Å². The van der Waals surface area contributed by atoms with Crippen molar-refractivity contribution < 1.29 is 14.6 Å². The zero-order valence-corrected chi connectivity index (χ0v) is 10.6. The Morgan fingerprint density at radius 3 is 2.79 bits per heavy atom. The first-order chi connectivity index (χ1) is 9.02. The average Bonchev–Trinajstić information content (AvgIpc) is 2.38. The van der Waals surface area contributed by atoms with Crippen LogP contribution in [-0.4, -0.2) is 23.2 Å². The summed E-state index contributed by atoms with van der Waals surface area (Å²) in [5, 5.41) is 9.46. The van der Waals surface area contributed by atoms with Crippen molar-refractivity contribution in [2.75, 3.05) is 7.11 Å². The fraction of sp³-hybridized carbons (Fsp3) is 0.143. The Kier molecular flexibility index (Phi) is 3.37. The van der Waals surface area contributed by atoms with Gasteiger partial charge in [-0.3, -0.25) is 4.79 Å². The highest BCUT2D eigenvalue weighted by Crippen LogP contribution is 2.23. The lowest BCUT2D eigenvalue weighted by Crippen LogP contribution is -2.11. The van der Waals surface area contributed by atoms with Gasteiger partial charge >= 0.3 is 5.97 Å². The summed E-state index contributed by atoms with van der Waals surface area (Å²) in [6, 6.07) is 5.32. The molecule has 2 N–H and O–H groups in total. The molecule has 1 aromatic carbocycles. The summed E-state index contributed by atoms with van der Waals surface area (Å²) in [5.74, 6) is -0.416. The number of aromatic nitrogens is 1. The maximum atomic E-state index is 11.9. The molecular weight excluding hydrogens is 246 g/mol. The third-order valence-corrected chi connectivity index (χ3v) is 2.92. The number of H-pyrrole nitrogens is 1. The van der Waals surface area contributed by atoms with E-state index in [-0.39, 0.29) is 5.56 Å². The normalized spacial score (nSPS) is 11.1. The number of aromatic amines is 1. The minimum absolute atomic E-state index is 0.312. The van der Waals surface area contributed by atoms with Gasteiger partial charge in [0.25, 0.3) is 5.56 Å². The predicted molar refractivity (Wildman–Crippen MR) is 72.5 cm³/mol. The minimum atomic E-state index is -1.09. The number of carbonyl (C=O) groups is 1. The number of nitrogens with one attached hydrogen (secondary N) is 1. The van der Waals surface area contributed by atoms with Gasteiger partial charge in [0.15, 0.2) is 0 Å². The largest absolute Gasteiger partial charge is 0.497 e. The van der Waals surface area contributed by atoms with Crippen molar-refractivity contribution in [3.05, 3.63) is 45.8 Å². The van der Waals surface area contributed by atoms with E-state index in [1.54, 1.807) is 32.2 Å². The van der Waals surface area contributed by atoms with Gasteiger partial charge in [0.05, 0.1) is 7.11 Å². The van der Waals surface area contributed by atoms with E-state index in [0.29, 0.717) is 16.8 Å². The number of benzene rings is 1. The van der Waals surface area contributed by atoms with Gasteiger partial charge in [-0.1, -0.05) is 0 Å². The molecule has 1 aromatic heterocycles. The number of hydrogen-bond donors (Lipinski definition) is 2. The van der Waals surface area contributed by atoms with Crippen LogP contribution in [0.1, 0.15) is 11.1 Å². The molecule has 0 fully saturated rings. The van der Waals surface area contributed by atoms with E-state index < -0.39 is 5.97 Å². The van der Waals surface area contributed by atoms with Crippen molar-refractivity contribution >= 4 is 22.9 Å². The summed E-state index contributed by atoms with van der Waals surface area (Å²) >= 11 is 0. The quantitative estimate of drug-likeness (QED) is 0.825. The van der Waals surface area contributed by atoms with Gasteiger partial charge < -0.3 is 14.8 Å². The number of carboxylic acids is 1. The Morgan fingerprint density at radius 2 is 2.16 bits per heavy atom. The highest BCUT2D eigenvalue weighted by Gasteiger charge is 2.08. The van der Waals surface area contributed by atoms with E-state index in [1.165, 1.54) is 6.08 Å². The Hall–Kier alpha value is -2.56. The second kappa shape index (κ2) is 4.97. The number of ether oxygens (including phenoxy) is 1. The SMILES string of the molecule is COc1ccc2[nH]c(=O)c(/C=C/C(=O)O)c(C)c2c1. The average molecular weight is 259 g/mol. The molecule has 0 atom stereocenters. The summed E-state index contributed by atoms with van der Waals surface area (Å²) < 4.78 is 5.14. The zero-order valence-electron chi connectivity index (χ0n) is 10.6. The molecular formula is C14H13NO4. The molecule has 1 heterocycles. The van der Waals surface area contributed by atoms with E-state index in [4.69, 9.17) is 9.84 Å². The molecule has 0 radical (unpaired) electrons. The van der Waals surface area contributed by atoms with Crippen molar-refractivity contribution in [2.24, 2.45) is 0 Å². The molecule has 0 spiro atoms. The van der Waals surface area contributed by atoms with E-state index in [9.17, 15) is 9.59 Å². The first-order valence-corrected chi connectivity index (χ1v) is 5.64. The molecule has 0 saturated heterocycles. The van der Waals surface area contributed by atoms with Crippen LogP contribution in [0.3, 0.4) is 0 Å². The number of hydrogen-bond acceptors (Lipinski definition) is 3. The maximum absolute atomic E-state index is 11.9. The number of aryl methyl sites for hydroxylation is 1. The third kappa shape index (κ3) is 2.49. The number of carboxylic acid groups (broad SMARTS) is 1. The second-order valence-electron chi connectivity index (χ2n) is 4.08. The predicted octanol–water partition coefficient (Wildman–Crippen LogP) is 1.94. The van der Waals surface area contributed by atoms with Gasteiger partial charge in [-0.05, 0) is 36.8 Å². The number of fused-ring (bicyclic) bond motifs is 1. The molecule has 2 aromatic rings. The number of aliphatic carboxylic acids is 1. The van der Waals surface area contributed by atoms with Gasteiger partial charge in [0, 0.05) is 22.5 Å². The Labute approximate surface area is 109 Å². The fourth-order valence-electron chi connectivity index (χ4n) is 1.93. The first kappa shape index (κ1) is 12.9. The van der Waals surface area contributed by atoms with Crippen LogP contribution in [0, 0.1) is 6.92 Å². The van der Waals surface area contributed by atoms with Crippen molar-refractivity contribution in [1.29, 1.82) is 0 Å². The van der Waals surface area contributed by atoms with E-state index >= 15 is 0 Å². The molecule has 0 aliphatic carbocycles. The molecule has 0 aliphatic rings. The van der Waals surface area contributed by atoms with Crippen LogP contribution >= 0.6 is 0 Å². The molecule has 5 heteroatoms. The minimum Gasteiger partial charge on any atom is -0.497 e. The number of pyridine rings is 1. The summed E-state index contributed by atoms with van der Waals surface area (Å²) in [4.78, 5) is 25.1. The van der Waals surface area contributed by atoms with Crippen LogP contribution in [0.2, 0.25) is 0 Å². The highest BCUT2D eigenvalue weighted by atomic mass is 16.5. The van der Waals surface area contributed by atoms with Gasteiger partial charge in [0.1, 0.15) is 5.75 Å². The highest BCUT2D eigenvalue weighted by molar-refractivity contribution is 5.89. The van der Waals surface area contributed by atoms with Crippen LogP contribution in [0.25, 0.3) is 17.0 Å². The Balaban J connectivity index is 2.72. The molecule has 19 heavy (non-hydrogen) atoms. The lowest BCUT2D eigenvalue weighted by molar-refractivity contribution is -0.131. The van der Waals surface area contributed by atoms with Crippen molar-refractivity contribution in [1.82, 2.24) is 4.98 Å². The van der Waals surface area contributed by atoms with E-state index in [2.05, 4.69) is 4.98 Å². The van der Waals surface area contributed by atoms with Crippen LogP contribution in [0.15, 0.2) is 29.1 Å². The lowest BCUT2D eigenvalue weighted by Gasteiger charge is -2.07. The van der Waals surface area contributed by atoms with Crippen LogP contribution < -0.4 is 10.3 Å². The zero-order chi connectivity index (χ0) is 14.0. The van der Waals surface area contributed by atoms with Crippen molar-refractivity contribution in [3.8, 4) is 5.75 Å². The van der Waals surface area contributed by atoms with Gasteiger partial charge in [-0.25, -0.2) is 4.79 Å². The molecule has 98 valence electrons. The molecule has 5 nitrogen and oxygen atoms in total.